The van der Waals surface area contributed by atoms with Crippen molar-refractivity contribution in [2.24, 2.45) is 4.99 Å². The van der Waals surface area contributed by atoms with E-state index in [2.05, 4.69) is 9.88 Å². The summed E-state index contributed by atoms with van der Waals surface area (Å²) < 4.78 is 9.58. The summed E-state index contributed by atoms with van der Waals surface area (Å²) in [5.74, 6) is -0.646. The summed E-state index contributed by atoms with van der Waals surface area (Å²) in [4.78, 5) is 47.9. The number of amides is 1. The van der Waals surface area contributed by atoms with Crippen molar-refractivity contribution in [3.8, 4) is 5.00 Å². The minimum absolute atomic E-state index is 0.115. The van der Waals surface area contributed by atoms with Gasteiger partial charge in [0.25, 0.3) is 11.5 Å². The van der Waals surface area contributed by atoms with E-state index in [0.29, 0.717) is 25.6 Å². The second-order valence-electron chi connectivity index (χ2n) is 12.2. The van der Waals surface area contributed by atoms with Crippen molar-refractivity contribution < 1.29 is 14.3 Å². The molecule has 1 aliphatic carbocycles. The van der Waals surface area contributed by atoms with Crippen LogP contribution in [0.15, 0.2) is 81.7 Å². The van der Waals surface area contributed by atoms with E-state index in [1.807, 2.05) is 74.5 Å². The molecule has 7 rings (SSSR count). The average Bonchev–Trinajstić information content (AvgIpc) is 3.70. The first kappa shape index (κ1) is 33.0. The number of para-hydroxylation sites is 1. The molecule has 1 N–H and O–H groups in total. The van der Waals surface area contributed by atoms with E-state index >= 15 is 0 Å². The second kappa shape index (κ2) is 13.4. The quantitative estimate of drug-likeness (QED) is 0.183. The number of hydrogen-bond donors (Lipinski definition) is 1. The number of thiazole rings is 1. The zero-order valence-electron chi connectivity index (χ0n) is 27.6. The molecular formula is C38H35ClN4O4S2. The molecule has 0 saturated heterocycles. The Labute approximate surface area is 296 Å². The van der Waals surface area contributed by atoms with Gasteiger partial charge in [-0.15, -0.1) is 11.3 Å². The van der Waals surface area contributed by atoms with Crippen molar-refractivity contribution in [3.05, 3.63) is 135 Å². The molecule has 0 radical (unpaired) electrons. The lowest BCUT2D eigenvalue weighted by molar-refractivity contribution is -0.139. The summed E-state index contributed by atoms with van der Waals surface area (Å²) in [7, 11) is 0. The lowest BCUT2D eigenvalue weighted by atomic mass is 9.95. The minimum Gasteiger partial charge on any atom is -0.463 e. The van der Waals surface area contributed by atoms with Crippen molar-refractivity contribution in [2.75, 3.05) is 11.9 Å². The number of esters is 1. The van der Waals surface area contributed by atoms with Crippen LogP contribution in [0.25, 0.3) is 11.1 Å². The molecule has 1 atom stereocenters. The maximum atomic E-state index is 14.3. The Balaban J connectivity index is 1.36. The molecule has 2 aromatic carbocycles. The maximum Gasteiger partial charge on any atom is 0.338 e. The van der Waals surface area contributed by atoms with Crippen LogP contribution in [0.4, 0.5) is 5.69 Å². The fourth-order valence-electron chi connectivity index (χ4n) is 6.83. The number of allylic oxidation sites excluding steroid dienone is 1. The predicted octanol–water partition coefficient (Wildman–Crippen LogP) is 7.05. The van der Waals surface area contributed by atoms with Crippen LogP contribution in [-0.4, -0.2) is 27.6 Å². The van der Waals surface area contributed by atoms with Gasteiger partial charge in [-0.3, -0.25) is 14.2 Å². The first-order valence-electron chi connectivity index (χ1n) is 16.3. The van der Waals surface area contributed by atoms with E-state index < -0.39 is 12.0 Å². The molecular weight excluding hydrogens is 676 g/mol. The van der Waals surface area contributed by atoms with Gasteiger partial charge in [-0.1, -0.05) is 59.3 Å². The number of aryl methyl sites for hydroxylation is 2. The van der Waals surface area contributed by atoms with Crippen LogP contribution in [0.2, 0.25) is 5.02 Å². The molecule has 2 aliphatic rings. The molecule has 0 spiro atoms. The molecule has 8 nitrogen and oxygen atoms in total. The van der Waals surface area contributed by atoms with Crippen LogP contribution in [0.5, 0.6) is 0 Å². The fraction of sp³-hybridized carbons (Fsp3) is 0.263. The molecule has 5 aromatic rings. The molecule has 250 valence electrons. The Morgan fingerprint density at radius 1 is 1.04 bits per heavy atom. The lowest BCUT2D eigenvalue weighted by Gasteiger charge is -2.25. The molecule has 4 heterocycles. The Hall–Kier alpha value is -4.51. The number of carbonyl (C=O) groups is 2. The van der Waals surface area contributed by atoms with E-state index in [9.17, 15) is 14.4 Å². The first-order chi connectivity index (χ1) is 23.7. The standard InChI is InChI=1S/C38H35ClN4O4S2/c1-5-47-37(46)31-22(3)40-38-43(33(31)26-15-9-11-17-28(26)39)35(45)30(49-38)20-24-19-21(2)42(23(24)4)36-32(27-16-10-12-18-29(27)48-36)34(44)41-25-13-7-6-8-14-25/h6-9,11,13-15,17,19-20,33H,5,10,12,16,18H2,1-4H3,(H,41,44)/b30-20+/t33-/m0/s1. The summed E-state index contributed by atoms with van der Waals surface area (Å²) in [5.41, 5.74) is 6.46. The summed E-state index contributed by atoms with van der Waals surface area (Å²) >= 11 is 9.62. The van der Waals surface area contributed by atoms with E-state index in [1.54, 1.807) is 35.8 Å². The van der Waals surface area contributed by atoms with Gasteiger partial charge >= 0.3 is 5.97 Å². The van der Waals surface area contributed by atoms with Crippen LogP contribution in [0.1, 0.15) is 76.0 Å². The SMILES string of the molecule is CCOC(=O)C1=C(C)N=c2s/c(=C/c3cc(C)n(-c4sc5c(c4C(=O)Nc4ccccc4)CCCC5)c3C)c(=O)n2[C@H]1c1ccccc1Cl. The van der Waals surface area contributed by atoms with Crippen molar-refractivity contribution in [2.45, 2.75) is 59.4 Å². The molecule has 49 heavy (non-hydrogen) atoms. The maximum absolute atomic E-state index is 14.3. The van der Waals surface area contributed by atoms with Gasteiger partial charge in [-0.05, 0) is 100 Å². The molecule has 0 fully saturated rings. The van der Waals surface area contributed by atoms with Crippen LogP contribution in [-0.2, 0) is 22.4 Å². The van der Waals surface area contributed by atoms with E-state index in [4.69, 9.17) is 21.3 Å². The van der Waals surface area contributed by atoms with Gasteiger partial charge in [0, 0.05) is 27.0 Å². The smallest absolute Gasteiger partial charge is 0.338 e. The zero-order chi connectivity index (χ0) is 34.4. The Bertz CT molecular complexity index is 2350. The zero-order valence-corrected chi connectivity index (χ0v) is 30.0. The van der Waals surface area contributed by atoms with Gasteiger partial charge < -0.3 is 14.6 Å². The van der Waals surface area contributed by atoms with Crippen LogP contribution in [0, 0.1) is 13.8 Å². The Morgan fingerprint density at radius 3 is 2.53 bits per heavy atom. The summed E-state index contributed by atoms with van der Waals surface area (Å²) in [6.07, 6.45) is 5.87. The summed E-state index contributed by atoms with van der Waals surface area (Å²) in [6.45, 7) is 7.73. The Morgan fingerprint density at radius 2 is 1.78 bits per heavy atom. The number of aromatic nitrogens is 2. The topological polar surface area (TPSA) is 94.7 Å². The number of benzene rings is 2. The van der Waals surface area contributed by atoms with Crippen molar-refractivity contribution >= 4 is 57.9 Å². The number of fused-ring (bicyclic) bond motifs is 2. The number of hydrogen-bond acceptors (Lipinski definition) is 7. The lowest BCUT2D eigenvalue weighted by Crippen LogP contribution is -2.40. The second-order valence-corrected chi connectivity index (χ2v) is 14.7. The largest absolute Gasteiger partial charge is 0.463 e. The Kier molecular flexibility index (Phi) is 9.04. The number of rotatable bonds is 7. The van der Waals surface area contributed by atoms with Crippen LogP contribution < -0.4 is 20.2 Å². The minimum atomic E-state index is -0.790. The highest BCUT2D eigenvalue weighted by molar-refractivity contribution is 7.15. The average molecular weight is 711 g/mol. The van der Waals surface area contributed by atoms with E-state index in [0.717, 1.165) is 64.4 Å². The van der Waals surface area contributed by atoms with Crippen molar-refractivity contribution in [1.29, 1.82) is 0 Å². The van der Waals surface area contributed by atoms with Gasteiger partial charge in [0.2, 0.25) is 0 Å². The van der Waals surface area contributed by atoms with Gasteiger partial charge in [0.1, 0.15) is 11.0 Å². The fourth-order valence-corrected chi connectivity index (χ4v) is 9.60. The van der Waals surface area contributed by atoms with Gasteiger partial charge in [0.05, 0.1) is 28.0 Å². The van der Waals surface area contributed by atoms with Gasteiger partial charge in [-0.2, -0.15) is 0 Å². The molecule has 1 aliphatic heterocycles. The number of nitrogens with zero attached hydrogens (tertiary/aromatic N) is 3. The third-order valence-electron chi connectivity index (χ3n) is 9.09. The highest BCUT2D eigenvalue weighted by Crippen LogP contribution is 2.39. The highest BCUT2D eigenvalue weighted by Gasteiger charge is 2.34. The number of ether oxygens (including phenoxy) is 1. The number of thiophene rings is 1. The summed E-state index contributed by atoms with van der Waals surface area (Å²) in [5, 5.41) is 4.45. The van der Waals surface area contributed by atoms with E-state index in [-0.39, 0.29) is 23.6 Å². The molecule has 11 heteroatoms. The van der Waals surface area contributed by atoms with E-state index in [1.165, 1.54) is 16.2 Å². The number of nitrogens with one attached hydrogen (secondary N) is 1. The number of anilines is 1. The highest BCUT2D eigenvalue weighted by atomic mass is 35.5. The van der Waals surface area contributed by atoms with Crippen LogP contribution in [0.3, 0.4) is 0 Å². The molecule has 0 unspecified atom stereocenters. The number of halogens is 1. The third-order valence-corrected chi connectivity index (χ3v) is 11.7. The van der Waals surface area contributed by atoms with Gasteiger partial charge in [-0.25, -0.2) is 9.79 Å². The van der Waals surface area contributed by atoms with Crippen molar-refractivity contribution in [1.82, 2.24) is 9.13 Å². The van der Waals surface area contributed by atoms with Crippen molar-refractivity contribution in [3.63, 3.8) is 0 Å². The normalized spacial score (nSPS) is 15.9. The molecule has 0 saturated carbocycles. The first-order valence-corrected chi connectivity index (χ1v) is 18.3. The van der Waals surface area contributed by atoms with Crippen LogP contribution >= 0.6 is 34.3 Å². The third kappa shape index (κ3) is 5.92. The molecule has 1 amide bonds. The monoisotopic (exact) mass is 710 g/mol. The molecule has 0 bridgehead atoms. The summed E-state index contributed by atoms with van der Waals surface area (Å²) in [6, 6.07) is 18.0. The van der Waals surface area contributed by atoms with Gasteiger partial charge in [0.15, 0.2) is 4.80 Å². The number of carbonyl (C=O) groups excluding carboxylic acids is 2. The molecule has 3 aromatic heterocycles. The predicted molar refractivity (Wildman–Crippen MR) is 196 cm³/mol.